The van der Waals surface area contributed by atoms with Crippen LogP contribution in [0.4, 0.5) is 0 Å². The number of aryl methyl sites for hydroxylation is 2. The summed E-state index contributed by atoms with van der Waals surface area (Å²) in [6.45, 7) is 8.72. The smallest absolute Gasteiger partial charge is 0.133 e. The van der Waals surface area contributed by atoms with E-state index in [0.29, 0.717) is 11.7 Å². The van der Waals surface area contributed by atoms with Crippen molar-refractivity contribution in [3.8, 4) is 0 Å². The fourth-order valence-corrected chi connectivity index (χ4v) is 3.12. The molecular weight excluding hydrogens is 268 g/mol. The standard InChI is InChI=1S/C21H34O/c1-5-6-7-8-15-21-18(4)11-9-12-19(21)13-10-14-20(22)16-17(2)3/h9,11-12,17H,5-8,10,13-16H2,1-4H3. The molecule has 124 valence electrons. The number of ketones is 1. The van der Waals surface area contributed by atoms with Gasteiger partial charge >= 0.3 is 0 Å². The fourth-order valence-electron chi connectivity index (χ4n) is 3.12. The average Bonchev–Trinajstić information content (AvgIpc) is 2.45. The molecule has 0 saturated carbocycles. The molecule has 1 aromatic carbocycles. The molecule has 1 aromatic rings. The van der Waals surface area contributed by atoms with Crippen molar-refractivity contribution < 1.29 is 4.79 Å². The van der Waals surface area contributed by atoms with Gasteiger partial charge in [-0.2, -0.15) is 0 Å². The molecule has 0 heterocycles. The Morgan fingerprint density at radius 1 is 1.05 bits per heavy atom. The van der Waals surface area contributed by atoms with Gasteiger partial charge in [0, 0.05) is 12.8 Å². The largest absolute Gasteiger partial charge is 0.300 e. The lowest BCUT2D eigenvalue weighted by atomic mass is 9.93. The first-order valence-electron chi connectivity index (χ1n) is 9.13. The summed E-state index contributed by atoms with van der Waals surface area (Å²) in [7, 11) is 0. The lowest BCUT2D eigenvalue weighted by molar-refractivity contribution is -0.119. The van der Waals surface area contributed by atoms with E-state index in [1.807, 2.05) is 0 Å². The van der Waals surface area contributed by atoms with Crippen LogP contribution in [-0.4, -0.2) is 5.78 Å². The highest BCUT2D eigenvalue weighted by molar-refractivity contribution is 5.78. The third kappa shape index (κ3) is 7.24. The van der Waals surface area contributed by atoms with E-state index >= 15 is 0 Å². The van der Waals surface area contributed by atoms with Gasteiger partial charge in [-0.25, -0.2) is 0 Å². The minimum Gasteiger partial charge on any atom is -0.300 e. The number of rotatable bonds is 11. The molecular formula is C21H34O. The summed E-state index contributed by atoms with van der Waals surface area (Å²) in [5, 5.41) is 0. The Morgan fingerprint density at radius 3 is 2.50 bits per heavy atom. The summed E-state index contributed by atoms with van der Waals surface area (Å²) in [6, 6.07) is 6.65. The SMILES string of the molecule is CCCCCCc1c(C)cccc1CCCC(=O)CC(C)C. The Kier molecular flexibility index (Phi) is 9.11. The number of unbranched alkanes of at least 4 members (excludes halogenated alkanes) is 3. The normalized spacial score (nSPS) is 11.1. The van der Waals surface area contributed by atoms with E-state index in [9.17, 15) is 4.79 Å². The van der Waals surface area contributed by atoms with Crippen molar-refractivity contribution in [1.29, 1.82) is 0 Å². The Balaban J connectivity index is 2.51. The summed E-state index contributed by atoms with van der Waals surface area (Å²) in [6.07, 6.45) is 9.96. The minimum atomic E-state index is 0.423. The van der Waals surface area contributed by atoms with E-state index in [4.69, 9.17) is 0 Å². The van der Waals surface area contributed by atoms with Crippen LogP contribution in [0.15, 0.2) is 18.2 Å². The number of carbonyl (C=O) groups is 1. The Morgan fingerprint density at radius 2 is 1.82 bits per heavy atom. The first-order chi connectivity index (χ1) is 10.5. The molecule has 1 nitrogen and oxygen atoms in total. The zero-order chi connectivity index (χ0) is 16.4. The highest BCUT2D eigenvalue weighted by Gasteiger charge is 2.08. The lowest BCUT2D eigenvalue weighted by Gasteiger charge is -2.13. The van der Waals surface area contributed by atoms with Gasteiger partial charge in [-0.1, -0.05) is 58.2 Å². The summed E-state index contributed by atoms with van der Waals surface area (Å²) in [5.41, 5.74) is 4.42. The number of benzene rings is 1. The highest BCUT2D eigenvalue weighted by atomic mass is 16.1. The Labute approximate surface area is 137 Å². The predicted molar refractivity (Wildman–Crippen MR) is 96.4 cm³/mol. The zero-order valence-electron chi connectivity index (χ0n) is 15.1. The number of carbonyl (C=O) groups excluding carboxylic acids is 1. The van der Waals surface area contributed by atoms with Crippen molar-refractivity contribution in [3.05, 3.63) is 34.9 Å². The molecule has 0 aliphatic heterocycles. The van der Waals surface area contributed by atoms with E-state index in [-0.39, 0.29) is 0 Å². The quantitative estimate of drug-likeness (QED) is 0.454. The molecule has 0 aliphatic carbocycles. The fraction of sp³-hybridized carbons (Fsp3) is 0.667. The van der Waals surface area contributed by atoms with Crippen molar-refractivity contribution in [3.63, 3.8) is 0 Å². The first-order valence-corrected chi connectivity index (χ1v) is 9.13. The van der Waals surface area contributed by atoms with Gasteiger partial charge in [0.2, 0.25) is 0 Å². The number of hydrogen-bond donors (Lipinski definition) is 0. The molecule has 0 radical (unpaired) electrons. The maximum atomic E-state index is 11.8. The summed E-state index contributed by atoms with van der Waals surface area (Å²) < 4.78 is 0. The molecule has 0 N–H and O–H groups in total. The highest BCUT2D eigenvalue weighted by Crippen LogP contribution is 2.20. The number of Topliss-reactive ketones (excluding diaryl/α,β-unsaturated/α-hetero) is 1. The molecule has 1 heteroatoms. The van der Waals surface area contributed by atoms with Gasteiger partial charge < -0.3 is 0 Å². The summed E-state index contributed by atoms with van der Waals surface area (Å²) >= 11 is 0. The predicted octanol–water partition coefficient (Wildman–Crippen LogP) is 6.06. The minimum absolute atomic E-state index is 0.423. The van der Waals surface area contributed by atoms with E-state index in [1.165, 1.54) is 48.8 Å². The molecule has 0 bridgehead atoms. The van der Waals surface area contributed by atoms with Crippen molar-refractivity contribution in [2.75, 3.05) is 0 Å². The number of hydrogen-bond acceptors (Lipinski definition) is 1. The van der Waals surface area contributed by atoms with Crippen molar-refractivity contribution in [2.24, 2.45) is 5.92 Å². The van der Waals surface area contributed by atoms with Gasteiger partial charge in [-0.3, -0.25) is 4.79 Å². The molecule has 0 amide bonds. The molecule has 1 rings (SSSR count). The van der Waals surface area contributed by atoms with Gasteiger partial charge in [0.05, 0.1) is 0 Å². The van der Waals surface area contributed by atoms with Gasteiger partial charge in [0.1, 0.15) is 5.78 Å². The Hall–Kier alpha value is -1.11. The molecule has 22 heavy (non-hydrogen) atoms. The first kappa shape index (κ1) is 18.9. The van der Waals surface area contributed by atoms with E-state index in [2.05, 4.69) is 45.9 Å². The van der Waals surface area contributed by atoms with E-state index < -0.39 is 0 Å². The summed E-state index contributed by atoms with van der Waals surface area (Å²) in [4.78, 5) is 11.8. The van der Waals surface area contributed by atoms with Crippen molar-refractivity contribution >= 4 is 5.78 Å². The van der Waals surface area contributed by atoms with E-state index in [1.54, 1.807) is 0 Å². The van der Waals surface area contributed by atoms with Crippen LogP contribution in [0.2, 0.25) is 0 Å². The molecule has 0 atom stereocenters. The van der Waals surface area contributed by atoms with Crippen LogP contribution < -0.4 is 0 Å². The second-order valence-corrected chi connectivity index (χ2v) is 7.01. The lowest BCUT2D eigenvalue weighted by Crippen LogP contribution is -2.04. The van der Waals surface area contributed by atoms with Crippen LogP contribution in [0.25, 0.3) is 0 Å². The van der Waals surface area contributed by atoms with Gasteiger partial charge in [0.15, 0.2) is 0 Å². The molecule has 0 saturated heterocycles. The molecule has 0 unspecified atom stereocenters. The van der Waals surface area contributed by atoms with Gasteiger partial charge in [-0.15, -0.1) is 0 Å². The summed E-state index contributed by atoms with van der Waals surface area (Å²) in [5.74, 6) is 0.910. The Bertz CT molecular complexity index is 445. The molecule has 0 spiro atoms. The topological polar surface area (TPSA) is 17.1 Å². The van der Waals surface area contributed by atoms with Crippen LogP contribution in [0, 0.1) is 12.8 Å². The monoisotopic (exact) mass is 302 g/mol. The van der Waals surface area contributed by atoms with Gasteiger partial charge in [-0.05, 0) is 55.2 Å². The maximum Gasteiger partial charge on any atom is 0.133 e. The maximum absolute atomic E-state index is 11.8. The van der Waals surface area contributed by atoms with E-state index in [0.717, 1.165) is 25.7 Å². The van der Waals surface area contributed by atoms with Crippen LogP contribution in [0.1, 0.15) is 82.4 Å². The second kappa shape index (κ2) is 10.6. The third-order valence-corrected chi connectivity index (χ3v) is 4.33. The van der Waals surface area contributed by atoms with Crippen LogP contribution >= 0.6 is 0 Å². The van der Waals surface area contributed by atoms with Gasteiger partial charge in [0.25, 0.3) is 0 Å². The molecule has 0 aliphatic rings. The van der Waals surface area contributed by atoms with Crippen LogP contribution in [0.5, 0.6) is 0 Å². The van der Waals surface area contributed by atoms with Crippen molar-refractivity contribution in [1.82, 2.24) is 0 Å². The van der Waals surface area contributed by atoms with Crippen molar-refractivity contribution in [2.45, 2.75) is 85.5 Å². The molecule has 0 aromatic heterocycles. The zero-order valence-corrected chi connectivity index (χ0v) is 15.1. The third-order valence-electron chi connectivity index (χ3n) is 4.33. The van der Waals surface area contributed by atoms with Crippen LogP contribution in [-0.2, 0) is 17.6 Å². The second-order valence-electron chi connectivity index (χ2n) is 7.01. The average molecular weight is 303 g/mol. The molecule has 0 fully saturated rings. The van der Waals surface area contributed by atoms with Crippen LogP contribution in [0.3, 0.4) is 0 Å².